The van der Waals surface area contributed by atoms with Gasteiger partial charge < -0.3 is 10.1 Å². The molecule has 0 spiro atoms. The van der Waals surface area contributed by atoms with Crippen molar-refractivity contribution >= 4 is 11.6 Å². The highest BCUT2D eigenvalue weighted by atomic mass is 35.5. The molecular formula is C13H17ClN4O. The zero-order valence-corrected chi connectivity index (χ0v) is 11.7. The molecule has 1 unspecified atom stereocenters. The Kier molecular flexibility index (Phi) is 4.76. The molecule has 1 heterocycles. The van der Waals surface area contributed by atoms with Gasteiger partial charge in [0.05, 0.1) is 24.4 Å². The molecule has 5 nitrogen and oxygen atoms in total. The van der Waals surface area contributed by atoms with Gasteiger partial charge in [-0.25, -0.2) is 0 Å². The molecule has 1 aromatic heterocycles. The van der Waals surface area contributed by atoms with Crippen LogP contribution in [0.5, 0.6) is 5.75 Å². The Bertz CT molecular complexity index is 515. The van der Waals surface area contributed by atoms with Gasteiger partial charge >= 0.3 is 0 Å². The first-order valence-corrected chi connectivity index (χ1v) is 6.56. The predicted molar refractivity (Wildman–Crippen MR) is 74.5 cm³/mol. The molecule has 1 aromatic carbocycles. The summed E-state index contributed by atoms with van der Waals surface area (Å²) in [5.41, 5.74) is 1.89. The molecule has 2 N–H and O–H groups in total. The molecule has 0 saturated heterocycles. The van der Waals surface area contributed by atoms with Crippen LogP contribution >= 0.6 is 11.6 Å². The van der Waals surface area contributed by atoms with E-state index in [1.165, 1.54) is 0 Å². The predicted octanol–water partition coefficient (Wildman–Crippen LogP) is 2.56. The van der Waals surface area contributed by atoms with Crippen LogP contribution in [-0.4, -0.2) is 29.1 Å². The summed E-state index contributed by atoms with van der Waals surface area (Å²) in [6, 6.07) is 5.69. The number of benzene rings is 1. The molecule has 102 valence electrons. The number of nitrogens with zero attached hydrogens (tertiary/aromatic N) is 2. The van der Waals surface area contributed by atoms with E-state index in [2.05, 4.69) is 27.7 Å². The van der Waals surface area contributed by atoms with Gasteiger partial charge in [0.2, 0.25) is 0 Å². The first-order valence-electron chi connectivity index (χ1n) is 6.18. The minimum atomic E-state index is -0.0233. The molecule has 0 fully saturated rings. The van der Waals surface area contributed by atoms with E-state index in [0.29, 0.717) is 10.8 Å². The molecule has 19 heavy (non-hydrogen) atoms. The molecule has 0 amide bonds. The van der Waals surface area contributed by atoms with E-state index in [0.717, 1.165) is 24.2 Å². The topological polar surface area (TPSA) is 62.8 Å². The molecule has 0 aliphatic carbocycles. The van der Waals surface area contributed by atoms with Gasteiger partial charge in [-0.05, 0) is 30.7 Å². The number of H-pyrrole nitrogens is 1. The third-order valence-electron chi connectivity index (χ3n) is 2.84. The fraction of sp³-hybridized carbons (Fsp3) is 0.385. The fourth-order valence-corrected chi connectivity index (χ4v) is 2.08. The SMILES string of the molecule is CCCNC(c1ccc(Cl)c(OC)c1)c1cn[nH]n1. The second-order valence-corrected chi connectivity index (χ2v) is 4.58. The van der Waals surface area contributed by atoms with Gasteiger partial charge in [0.15, 0.2) is 0 Å². The molecule has 1 atom stereocenters. The van der Waals surface area contributed by atoms with Crippen LogP contribution in [0.3, 0.4) is 0 Å². The van der Waals surface area contributed by atoms with Crippen LogP contribution in [0.2, 0.25) is 5.02 Å². The van der Waals surface area contributed by atoms with Crippen LogP contribution in [0.15, 0.2) is 24.4 Å². The molecule has 6 heteroatoms. The summed E-state index contributed by atoms with van der Waals surface area (Å²) in [6.07, 6.45) is 2.76. The second kappa shape index (κ2) is 6.54. The Morgan fingerprint density at radius 1 is 1.47 bits per heavy atom. The summed E-state index contributed by atoms with van der Waals surface area (Å²) < 4.78 is 5.25. The van der Waals surface area contributed by atoms with Crippen molar-refractivity contribution in [3.8, 4) is 5.75 Å². The van der Waals surface area contributed by atoms with Gasteiger partial charge in [0.1, 0.15) is 11.4 Å². The van der Waals surface area contributed by atoms with Crippen LogP contribution in [0.4, 0.5) is 0 Å². The average Bonchev–Trinajstić information content (AvgIpc) is 2.95. The van der Waals surface area contributed by atoms with Crippen molar-refractivity contribution in [1.29, 1.82) is 0 Å². The van der Waals surface area contributed by atoms with Crippen LogP contribution in [0, 0.1) is 0 Å². The lowest BCUT2D eigenvalue weighted by molar-refractivity contribution is 0.413. The Labute approximate surface area is 117 Å². The normalized spacial score (nSPS) is 12.4. The highest BCUT2D eigenvalue weighted by molar-refractivity contribution is 6.32. The van der Waals surface area contributed by atoms with E-state index < -0.39 is 0 Å². The van der Waals surface area contributed by atoms with Crippen LogP contribution in [-0.2, 0) is 0 Å². The Morgan fingerprint density at radius 3 is 2.95 bits per heavy atom. The maximum Gasteiger partial charge on any atom is 0.137 e. The smallest absolute Gasteiger partial charge is 0.137 e. The molecule has 0 aliphatic heterocycles. The number of methoxy groups -OCH3 is 1. The Balaban J connectivity index is 2.32. The quantitative estimate of drug-likeness (QED) is 0.854. The second-order valence-electron chi connectivity index (χ2n) is 4.18. The van der Waals surface area contributed by atoms with Crippen molar-refractivity contribution in [1.82, 2.24) is 20.7 Å². The summed E-state index contributed by atoms with van der Waals surface area (Å²) >= 11 is 6.05. The minimum absolute atomic E-state index is 0.0233. The molecule has 0 saturated carbocycles. The third kappa shape index (κ3) is 3.24. The molecule has 0 radical (unpaired) electrons. The summed E-state index contributed by atoms with van der Waals surface area (Å²) in [4.78, 5) is 0. The first-order chi connectivity index (χ1) is 9.26. The number of rotatable bonds is 6. The van der Waals surface area contributed by atoms with E-state index in [1.807, 2.05) is 18.2 Å². The third-order valence-corrected chi connectivity index (χ3v) is 3.15. The highest BCUT2D eigenvalue weighted by Gasteiger charge is 2.17. The van der Waals surface area contributed by atoms with Gasteiger partial charge in [0, 0.05) is 0 Å². The summed E-state index contributed by atoms with van der Waals surface area (Å²) in [6.45, 7) is 3.01. The molecule has 0 bridgehead atoms. The summed E-state index contributed by atoms with van der Waals surface area (Å²) in [5, 5.41) is 14.7. The van der Waals surface area contributed by atoms with Gasteiger partial charge in [-0.2, -0.15) is 15.4 Å². The molecule has 0 aliphatic rings. The van der Waals surface area contributed by atoms with E-state index in [1.54, 1.807) is 13.3 Å². The number of ether oxygens (including phenoxy) is 1. The standard InChI is InChI=1S/C13H17ClN4O/c1-3-6-15-13(11-8-16-18-17-11)9-4-5-10(14)12(7-9)19-2/h4-5,7-8,13,15H,3,6H2,1-2H3,(H,16,17,18). The Hall–Kier alpha value is -1.59. The first kappa shape index (κ1) is 13.8. The lowest BCUT2D eigenvalue weighted by atomic mass is 10.0. The zero-order valence-electron chi connectivity index (χ0n) is 11.0. The number of hydrogen-bond donors (Lipinski definition) is 2. The average molecular weight is 281 g/mol. The minimum Gasteiger partial charge on any atom is -0.495 e. The van der Waals surface area contributed by atoms with Gasteiger partial charge in [-0.3, -0.25) is 0 Å². The Morgan fingerprint density at radius 2 is 2.32 bits per heavy atom. The number of aromatic nitrogens is 3. The van der Waals surface area contributed by atoms with Gasteiger partial charge in [-0.15, -0.1) is 0 Å². The van der Waals surface area contributed by atoms with E-state index in [4.69, 9.17) is 16.3 Å². The number of hydrogen-bond acceptors (Lipinski definition) is 4. The van der Waals surface area contributed by atoms with Crippen LogP contribution in [0.1, 0.15) is 30.6 Å². The number of nitrogens with one attached hydrogen (secondary N) is 2. The molecular weight excluding hydrogens is 264 g/mol. The van der Waals surface area contributed by atoms with Crippen molar-refractivity contribution < 1.29 is 4.74 Å². The fourth-order valence-electron chi connectivity index (χ4n) is 1.89. The van der Waals surface area contributed by atoms with Crippen molar-refractivity contribution in [2.24, 2.45) is 0 Å². The maximum absolute atomic E-state index is 6.05. The van der Waals surface area contributed by atoms with Gasteiger partial charge in [-0.1, -0.05) is 24.6 Å². The highest BCUT2D eigenvalue weighted by Crippen LogP contribution is 2.29. The van der Waals surface area contributed by atoms with Crippen LogP contribution in [0.25, 0.3) is 0 Å². The van der Waals surface area contributed by atoms with Crippen molar-refractivity contribution in [2.45, 2.75) is 19.4 Å². The number of halogens is 1. The van der Waals surface area contributed by atoms with Crippen molar-refractivity contribution in [2.75, 3.05) is 13.7 Å². The van der Waals surface area contributed by atoms with E-state index in [9.17, 15) is 0 Å². The van der Waals surface area contributed by atoms with Crippen LogP contribution < -0.4 is 10.1 Å². The van der Waals surface area contributed by atoms with E-state index >= 15 is 0 Å². The summed E-state index contributed by atoms with van der Waals surface area (Å²) in [7, 11) is 1.61. The largest absolute Gasteiger partial charge is 0.495 e. The number of aromatic amines is 1. The van der Waals surface area contributed by atoms with Crippen molar-refractivity contribution in [3.05, 3.63) is 40.7 Å². The summed E-state index contributed by atoms with van der Waals surface area (Å²) in [5.74, 6) is 0.658. The maximum atomic E-state index is 6.05. The van der Waals surface area contributed by atoms with E-state index in [-0.39, 0.29) is 6.04 Å². The van der Waals surface area contributed by atoms with Gasteiger partial charge in [0.25, 0.3) is 0 Å². The molecule has 2 rings (SSSR count). The lowest BCUT2D eigenvalue weighted by Crippen LogP contribution is -2.23. The molecule has 2 aromatic rings. The zero-order chi connectivity index (χ0) is 13.7. The lowest BCUT2D eigenvalue weighted by Gasteiger charge is -2.17. The monoisotopic (exact) mass is 280 g/mol. The van der Waals surface area contributed by atoms with Crippen molar-refractivity contribution in [3.63, 3.8) is 0 Å².